The molecule has 0 amide bonds. The van der Waals surface area contributed by atoms with Crippen molar-refractivity contribution in [2.24, 2.45) is 0 Å². The van der Waals surface area contributed by atoms with E-state index in [9.17, 15) is 0 Å². The van der Waals surface area contributed by atoms with Crippen LogP contribution in [0.15, 0.2) is 0 Å². The average Bonchev–Trinajstić information content (AvgIpc) is 2.36. The van der Waals surface area contributed by atoms with Gasteiger partial charge in [0.05, 0.1) is 0 Å². The van der Waals surface area contributed by atoms with Crippen molar-refractivity contribution >= 4 is 0 Å². The smallest absolute Gasteiger partial charge is 0.0209 e. The van der Waals surface area contributed by atoms with E-state index in [-0.39, 0.29) is 0 Å². The molecule has 2 nitrogen and oxygen atoms in total. The van der Waals surface area contributed by atoms with Crippen molar-refractivity contribution in [1.82, 2.24) is 10.2 Å². The number of nitrogens with one attached hydrogen (secondary N) is 1. The number of hydrogen-bond donors (Lipinski definition) is 1. The van der Waals surface area contributed by atoms with Gasteiger partial charge in [-0.3, -0.25) is 0 Å². The average molecular weight is 170 g/mol. The molecule has 0 aliphatic carbocycles. The third-order valence-corrected chi connectivity index (χ3v) is 2.63. The fourth-order valence-electron chi connectivity index (χ4n) is 1.99. The van der Waals surface area contributed by atoms with Crippen molar-refractivity contribution < 1.29 is 0 Å². The Hall–Kier alpha value is -0.0800. The largest absolute Gasteiger partial charge is 0.310 e. The summed E-state index contributed by atoms with van der Waals surface area (Å²) in [6, 6.07) is 1.45. The molecule has 0 unspecified atom stereocenters. The van der Waals surface area contributed by atoms with Gasteiger partial charge in [-0.15, -0.1) is 0 Å². The van der Waals surface area contributed by atoms with Gasteiger partial charge in [-0.2, -0.15) is 0 Å². The molecular formula is C10H22N2. The molecule has 0 aromatic heterocycles. The molecule has 0 aromatic carbocycles. The highest BCUT2D eigenvalue weighted by molar-refractivity contribution is 4.80. The van der Waals surface area contributed by atoms with Crippen LogP contribution in [0.25, 0.3) is 0 Å². The third-order valence-electron chi connectivity index (χ3n) is 2.63. The number of nitrogens with zero attached hydrogens (tertiary/aromatic N) is 1. The summed E-state index contributed by atoms with van der Waals surface area (Å²) in [5, 5.41) is 3.67. The second-order valence-electron chi connectivity index (χ2n) is 4.10. The molecule has 0 saturated carbocycles. The predicted octanol–water partition coefficient (Wildman–Crippen LogP) is 1.47. The minimum atomic E-state index is 0.700. The first-order chi connectivity index (χ1) is 5.72. The van der Waals surface area contributed by atoms with E-state index in [2.05, 4.69) is 31.1 Å². The second-order valence-corrected chi connectivity index (χ2v) is 4.10. The zero-order valence-electron chi connectivity index (χ0n) is 8.64. The Balaban J connectivity index is 2.14. The summed E-state index contributed by atoms with van der Waals surface area (Å²) < 4.78 is 0. The van der Waals surface area contributed by atoms with Crippen molar-refractivity contribution in [3.05, 3.63) is 0 Å². The molecule has 0 spiro atoms. The number of likely N-dealkylation sites (tertiary alicyclic amines) is 1. The summed E-state index contributed by atoms with van der Waals surface area (Å²) in [6.07, 6.45) is 3.92. The Morgan fingerprint density at radius 1 is 1.58 bits per heavy atom. The molecule has 0 aromatic rings. The van der Waals surface area contributed by atoms with Gasteiger partial charge in [0.1, 0.15) is 0 Å². The van der Waals surface area contributed by atoms with Crippen molar-refractivity contribution in [3.63, 3.8) is 0 Å². The molecule has 1 aliphatic heterocycles. The summed E-state index contributed by atoms with van der Waals surface area (Å²) in [7, 11) is 2.20. The lowest BCUT2D eigenvalue weighted by molar-refractivity contribution is 0.379. The van der Waals surface area contributed by atoms with E-state index in [1.54, 1.807) is 0 Å². The van der Waals surface area contributed by atoms with E-state index in [1.165, 1.54) is 32.4 Å². The van der Waals surface area contributed by atoms with Gasteiger partial charge in [-0.25, -0.2) is 0 Å². The monoisotopic (exact) mass is 170 g/mol. The highest BCUT2D eigenvalue weighted by atomic mass is 15.2. The van der Waals surface area contributed by atoms with E-state index in [0.717, 1.165) is 6.04 Å². The van der Waals surface area contributed by atoms with E-state index in [0.29, 0.717) is 6.04 Å². The first-order valence-electron chi connectivity index (χ1n) is 5.17. The zero-order valence-corrected chi connectivity index (χ0v) is 8.64. The molecule has 2 atom stereocenters. The molecule has 0 bridgehead atoms. The molecule has 1 N–H and O–H groups in total. The second kappa shape index (κ2) is 4.83. The van der Waals surface area contributed by atoms with Gasteiger partial charge >= 0.3 is 0 Å². The van der Waals surface area contributed by atoms with Gasteiger partial charge in [-0.05, 0) is 33.4 Å². The Labute approximate surface area is 76.3 Å². The standard InChI is InChI=1S/C10H22N2/c1-4-5-9(2)11-10-6-7-12(3)8-10/h9-11H,4-8H2,1-3H3/t9-,10+/m0/s1. The van der Waals surface area contributed by atoms with Crippen LogP contribution in [0.1, 0.15) is 33.1 Å². The molecule has 1 heterocycles. The molecule has 2 heteroatoms. The maximum Gasteiger partial charge on any atom is 0.0209 e. The molecular weight excluding hydrogens is 148 g/mol. The van der Waals surface area contributed by atoms with Crippen LogP contribution in [0.3, 0.4) is 0 Å². The summed E-state index contributed by atoms with van der Waals surface area (Å²) >= 11 is 0. The molecule has 1 rings (SSSR count). The van der Waals surface area contributed by atoms with Gasteiger partial charge in [-0.1, -0.05) is 13.3 Å². The minimum Gasteiger partial charge on any atom is -0.310 e. The van der Waals surface area contributed by atoms with Crippen molar-refractivity contribution in [1.29, 1.82) is 0 Å². The van der Waals surface area contributed by atoms with Gasteiger partial charge < -0.3 is 10.2 Å². The van der Waals surface area contributed by atoms with E-state index >= 15 is 0 Å². The minimum absolute atomic E-state index is 0.700. The van der Waals surface area contributed by atoms with Crippen LogP contribution >= 0.6 is 0 Å². The number of rotatable bonds is 4. The predicted molar refractivity (Wildman–Crippen MR) is 53.4 cm³/mol. The fraction of sp³-hybridized carbons (Fsp3) is 1.00. The quantitative estimate of drug-likeness (QED) is 0.687. The van der Waals surface area contributed by atoms with Gasteiger partial charge in [0, 0.05) is 18.6 Å². The van der Waals surface area contributed by atoms with Crippen molar-refractivity contribution in [2.75, 3.05) is 20.1 Å². The summed E-state index contributed by atoms with van der Waals surface area (Å²) in [4.78, 5) is 2.40. The molecule has 1 saturated heterocycles. The Morgan fingerprint density at radius 3 is 2.83 bits per heavy atom. The van der Waals surface area contributed by atoms with Gasteiger partial charge in [0.25, 0.3) is 0 Å². The Bertz CT molecular complexity index is 125. The van der Waals surface area contributed by atoms with Crippen LogP contribution in [-0.2, 0) is 0 Å². The fourth-order valence-corrected chi connectivity index (χ4v) is 1.99. The van der Waals surface area contributed by atoms with Crippen molar-refractivity contribution in [3.8, 4) is 0 Å². The van der Waals surface area contributed by atoms with Gasteiger partial charge in [0.15, 0.2) is 0 Å². The topological polar surface area (TPSA) is 15.3 Å². The third kappa shape index (κ3) is 3.11. The summed E-state index contributed by atoms with van der Waals surface area (Å²) in [5.74, 6) is 0. The van der Waals surface area contributed by atoms with Crippen LogP contribution in [0.2, 0.25) is 0 Å². The normalized spacial score (nSPS) is 27.8. The lowest BCUT2D eigenvalue weighted by atomic mass is 10.1. The van der Waals surface area contributed by atoms with Crippen molar-refractivity contribution in [2.45, 2.75) is 45.2 Å². The maximum absolute atomic E-state index is 3.67. The Morgan fingerprint density at radius 2 is 2.33 bits per heavy atom. The van der Waals surface area contributed by atoms with Crippen LogP contribution in [0.5, 0.6) is 0 Å². The molecule has 0 radical (unpaired) electrons. The lowest BCUT2D eigenvalue weighted by Gasteiger charge is -2.18. The highest BCUT2D eigenvalue weighted by Gasteiger charge is 2.19. The lowest BCUT2D eigenvalue weighted by Crippen LogP contribution is -2.37. The van der Waals surface area contributed by atoms with Crippen LogP contribution < -0.4 is 5.32 Å². The molecule has 72 valence electrons. The van der Waals surface area contributed by atoms with E-state index in [4.69, 9.17) is 0 Å². The highest BCUT2D eigenvalue weighted by Crippen LogP contribution is 2.08. The summed E-state index contributed by atoms with van der Waals surface area (Å²) in [5.41, 5.74) is 0. The first-order valence-corrected chi connectivity index (χ1v) is 5.17. The number of likely N-dealkylation sites (N-methyl/N-ethyl adjacent to an activating group) is 1. The summed E-state index contributed by atoms with van der Waals surface area (Å²) in [6.45, 7) is 7.03. The van der Waals surface area contributed by atoms with E-state index in [1.807, 2.05) is 0 Å². The Kier molecular flexibility index (Phi) is 4.02. The van der Waals surface area contributed by atoms with Crippen LogP contribution in [0.4, 0.5) is 0 Å². The first kappa shape index (κ1) is 10.0. The molecule has 1 aliphatic rings. The molecule has 1 fully saturated rings. The van der Waals surface area contributed by atoms with Crippen LogP contribution in [-0.4, -0.2) is 37.1 Å². The van der Waals surface area contributed by atoms with E-state index < -0.39 is 0 Å². The van der Waals surface area contributed by atoms with Crippen LogP contribution in [0, 0.1) is 0 Å². The molecule has 12 heavy (non-hydrogen) atoms. The number of hydrogen-bond acceptors (Lipinski definition) is 2. The zero-order chi connectivity index (χ0) is 8.97. The van der Waals surface area contributed by atoms with Gasteiger partial charge in [0.2, 0.25) is 0 Å². The SMILES string of the molecule is CCC[C@H](C)N[C@@H]1CCN(C)C1. The maximum atomic E-state index is 3.67.